The molecule has 0 aromatic heterocycles. The molecule has 0 aliphatic heterocycles. The molecule has 1 rings (SSSR count). The molecule has 0 aromatic rings. The summed E-state index contributed by atoms with van der Waals surface area (Å²) in [5.41, 5.74) is 0. The van der Waals surface area contributed by atoms with Gasteiger partial charge in [0.25, 0.3) is 0 Å². The smallest absolute Gasteiger partial charge is 0.449 e. The molecule has 0 spiro atoms. The number of hydrogen-bond donors (Lipinski definition) is 1. The van der Waals surface area contributed by atoms with E-state index >= 15 is 0 Å². The number of hydrogen-bond acceptors (Lipinski definition) is 4. The lowest BCUT2D eigenvalue weighted by Gasteiger charge is -2.10. The summed E-state index contributed by atoms with van der Waals surface area (Å²) >= 11 is 0. The van der Waals surface area contributed by atoms with Crippen molar-refractivity contribution >= 4 is 12.3 Å². The van der Waals surface area contributed by atoms with Crippen LogP contribution >= 0.6 is 0 Å². The molecule has 1 aliphatic carbocycles. The lowest BCUT2D eigenvalue weighted by molar-refractivity contribution is 0.0685. The summed E-state index contributed by atoms with van der Waals surface area (Å²) in [5.74, 6) is 0.498. The van der Waals surface area contributed by atoms with Gasteiger partial charge in [-0.25, -0.2) is 9.59 Å². The first-order valence-electron chi connectivity index (χ1n) is 4.00. The molecule has 1 aliphatic rings. The van der Waals surface area contributed by atoms with Crippen molar-refractivity contribution in [2.75, 3.05) is 0 Å². The van der Waals surface area contributed by atoms with Crippen molar-refractivity contribution in [1.29, 1.82) is 0 Å². The summed E-state index contributed by atoms with van der Waals surface area (Å²) in [4.78, 5) is 20.6. The molecule has 0 aromatic carbocycles. The second kappa shape index (κ2) is 4.49. The van der Waals surface area contributed by atoms with Crippen molar-refractivity contribution in [2.24, 2.45) is 0 Å². The second-order valence-corrected chi connectivity index (χ2v) is 2.64. The van der Waals surface area contributed by atoms with Crippen molar-refractivity contribution < 1.29 is 24.2 Å². The zero-order valence-electron chi connectivity index (χ0n) is 6.99. The van der Waals surface area contributed by atoms with E-state index in [-0.39, 0.29) is 0 Å². The zero-order valence-corrected chi connectivity index (χ0v) is 6.99. The molecule has 1 N–H and O–H groups in total. The van der Waals surface area contributed by atoms with E-state index in [4.69, 9.17) is 5.11 Å². The molecule has 0 saturated carbocycles. The summed E-state index contributed by atoms with van der Waals surface area (Å²) in [6, 6.07) is 0. The van der Waals surface area contributed by atoms with Gasteiger partial charge in [0.05, 0.1) is 0 Å². The molecule has 0 radical (unpaired) electrons. The van der Waals surface area contributed by atoms with Crippen molar-refractivity contribution in [3.63, 3.8) is 0 Å². The van der Waals surface area contributed by atoms with Gasteiger partial charge in [0.15, 0.2) is 0 Å². The van der Waals surface area contributed by atoms with Crippen LogP contribution in [0.3, 0.4) is 0 Å². The van der Waals surface area contributed by atoms with Crippen molar-refractivity contribution in [3.05, 3.63) is 11.8 Å². The molecule has 0 unspecified atom stereocenters. The van der Waals surface area contributed by atoms with E-state index in [1.807, 2.05) is 0 Å². The molecule has 0 fully saturated rings. The predicted octanol–water partition coefficient (Wildman–Crippen LogP) is 2.28. The molecule has 0 amide bonds. The molecular formula is C8H10O5. The maximum Gasteiger partial charge on any atom is 0.523 e. The molecule has 5 heteroatoms. The van der Waals surface area contributed by atoms with Gasteiger partial charge in [-0.15, -0.1) is 0 Å². The molecule has 0 atom stereocenters. The Morgan fingerprint density at radius 3 is 2.69 bits per heavy atom. The average molecular weight is 186 g/mol. The van der Waals surface area contributed by atoms with Gasteiger partial charge in [0, 0.05) is 6.42 Å². The minimum atomic E-state index is -1.65. The Bertz CT molecular complexity index is 243. The number of ether oxygens (including phenoxy) is 2. The fraction of sp³-hybridized carbons (Fsp3) is 0.500. The van der Waals surface area contributed by atoms with E-state index in [1.54, 1.807) is 6.08 Å². The Balaban J connectivity index is 2.34. The monoisotopic (exact) mass is 186 g/mol. The maximum atomic E-state index is 10.7. The van der Waals surface area contributed by atoms with Crippen LogP contribution in [0, 0.1) is 0 Å². The van der Waals surface area contributed by atoms with Gasteiger partial charge >= 0.3 is 12.3 Å². The highest BCUT2D eigenvalue weighted by Gasteiger charge is 2.13. The van der Waals surface area contributed by atoms with Crippen molar-refractivity contribution in [2.45, 2.75) is 25.7 Å². The summed E-state index contributed by atoms with van der Waals surface area (Å²) < 4.78 is 8.39. The van der Waals surface area contributed by atoms with Crippen LogP contribution < -0.4 is 0 Å². The Hall–Kier alpha value is -1.52. The average Bonchev–Trinajstić information content (AvgIpc) is 2.04. The van der Waals surface area contributed by atoms with E-state index in [2.05, 4.69) is 9.47 Å². The fourth-order valence-electron chi connectivity index (χ4n) is 1.10. The lowest BCUT2D eigenvalue weighted by Crippen LogP contribution is -2.12. The largest absolute Gasteiger partial charge is 0.523 e. The quantitative estimate of drug-likeness (QED) is 0.502. The summed E-state index contributed by atoms with van der Waals surface area (Å²) in [7, 11) is 0. The third-order valence-electron chi connectivity index (χ3n) is 1.63. The normalized spacial score (nSPS) is 15.8. The first-order chi connectivity index (χ1) is 6.18. The molecule has 0 bridgehead atoms. The SMILES string of the molecule is O=C(O)OC(=O)OC1=CCCCC1. The van der Waals surface area contributed by atoms with Crippen LogP contribution in [-0.4, -0.2) is 17.4 Å². The van der Waals surface area contributed by atoms with Crippen LogP contribution in [0.2, 0.25) is 0 Å². The van der Waals surface area contributed by atoms with Gasteiger partial charge in [-0.2, -0.15) is 0 Å². The first kappa shape index (κ1) is 9.57. The summed E-state index contributed by atoms with van der Waals surface area (Å²) in [5, 5.41) is 8.07. The third-order valence-corrected chi connectivity index (χ3v) is 1.63. The second-order valence-electron chi connectivity index (χ2n) is 2.64. The number of carboxylic acid groups (broad SMARTS) is 1. The topological polar surface area (TPSA) is 72.8 Å². The maximum absolute atomic E-state index is 10.7. The third kappa shape index (κ3) is 3.59. The van der Waals surface area contributed by atoms with E-state index in [9.17, 15) is 9.59 Å². The van der Waals surface area contributed by atoms with E-state index in [0.717, 1.165) is 19.3 Å². The van der Waals surface area contributed by atoms with Gasteiger partial charge in [0.2, 0.25) is 0 Å². The molecule has 0 heterocycles. The number of carbonyl (C=O) groups excluding carboxylic acids is 1. The Morgan fingerprint density at radius 1 is 1.38 bits per heavy atom. The minimum absolute atomic E-state index is 0.498. The lowest BCUT2D eigenvalue weighted by atomic mass is 10.1. The molecule has 72 valence electrons. The van der Waals surface area contributed by atoms with E-state index in [1.165, 1.54) is 0 Å². The number of carbonyl (C=O) groups is 2. The van der Waals surface area contributed by atoms with Crippen LogP contribution in [0.25, 0.3) is 0 Å². The van der Waals surface area contributed by atoms with Gasteiger partial charge in [-0.3, -0.25) is 0 Å². The molecular weight excluding hydrogens is 176 g/mol. The zero-order chi connectivity index (χ0) is 9.68. The summed E-state index contributed by atoms with van der Waals surface area (Å²) in [6.45, 7) is 0. The number of rotatable bonds is 1. The van der Waals surface area contributed by atoms with Crippen LogP contribution in [0.4, 0.5) is 9.59 Å². The number of allylic oxidation sites excluding steroid dienone is 2. The van der Waals surface area contributed by atoms with E-state index < -0.39 is 12.3 Å². The van der Waals surface area contributed by atoms with Gasteiger partial charge in [-0.05, 0) is 25.3 Å². The van der Waals surface area contributed by atoms with Crippen molar-refractivity contribution in [1.82, 2.24) is 0 Å². The predicted molar refractivity (Wildman–Crippen MR) is 42.1 cm³/mol. The molecule has 5 nitrogen and oxygen atoms in total. The van der Waals surface area contributed by atoms with Gasteiger partial charge < -0.3 is 14.6 Å². The van der Waals surface area contributed by atoms with Crippen LogP contribution in [0.15, 0.2) is 11.8 Å². The van der Waals surface area contributed by atoms with Crippen molar-refractivity contribution in [3.8, 4) is 0 Å². The highest BCUT2D eigenvalue weighted by Crippen LogP contribution is 2.18. The summed E-state index contributed by atoms with van der Waals surface area (Å²) in [6.07, 6.45) is 2.48. The molecule has 13 heavy (non-hydrogen) atoms. The van der Waals surface area contributed by atoms with Gasteiger partial charge in [-0.1, -0.05) is 0 Å². The van der Waals surface area contributed by atoms with Crippen LogP contribution in [0.1, 0.15) is 25.7 Å². The first-order valence-corrected chi connectivity index (χ1v) is 4.00. The van der Waals surface area contributed by atoms with E-state index in [0.29, 0.717) is 12.2 Å². The fourth-order valence-corrected chi connectivity index (χ4v) is 1.10. The van der Waals surface area contributed by atoms with Crippen LogP contribution in [-0.2, 0) is 9.47 Å². The molecule has 0 saturated heterocycles. The minimum Gasteiger partial charge on any atom is -0.449 e. The highest BCUT2D eigenvalue weighted by molar-refractivity contribution is 5.76. The van der Waals surface area contributed by atoms with Crippen LogP contribution in [0.5, 0.6) is 0 Å². The Kier molecular flexibility index (Phi) is 3.31. The van der Waals surface area contributed by atoms with Gasteiger partial charge in [0.1, 0.15) is 5.76 Å². The Morgan fingerprint density at radius 2 is 2.15 bits per heavy atom. The highest BCUT2D eigenvalue weighted by atomic mass is 16.8. The standard InChI is InChI=1S/C8H10O5/c9-7(10)13-8(11)12-6-4-2-1-3-5-6/h4H,1-3,5H2,(H,9,10). The Labute approximate surface area is 74.9 Å².